The van der Waals surface area contributed by atoms with E-state index < -0.39 is 0 Å². The minimum absolute atomic E-state index is 0.302. The fourth-order valence-electron chi connectivity index (χ4n) is 2.19. The number of hydrogen-bond acceptors (Lipinski definition) is 3. The first-order valence-corrected chi connectivity index (χ1v) is 8.31. The van der Waals surface area contributed by atoms with Crippen molar-refractivity contribution in [2.45, 2.75) is 66.7 Å². The first-order chi connectivity index (χ1) is 10.5. The monoisotopic (exact) mass is 304 g/mol. The van der Waals surface area contributed by atoms with Crippen LogP contribution < -0.4 is 5.01 Å². The Morgan fingerprint density at radius 3 is 2.36 bits per heavy atom. The second kappa shape index (κ2) is 10.9. The molecule has 1 N–H and O–H groups in total. The highest BCUT2D eigenvalue weighted by atomic mass is 16.3. The zero-order chi connectivity index (χ0) is 17.1. The van der Waals surface area contributed by atoms with Crippen molar-refractivity contribution < 1.29 is 5.11 Å². The van der Waals surface area contributed by atoms with Crippen LogP contribution in [0, 0.1) is 0 Å². The number of benzene rings is 1. The Balaban J connectivity index is 0.00000211. The Bertz CT molecular complexity index is 478. The SMILES string of the molecule is C=NN(/C=C(/CC)CCC)c1ccc(C(C)C)c(O)c1.CC. The molecule has 0 heterocycles. The summed E-state index contributed by atoms with van der Waals surface area (Å²) in [6.45, 7) is 16.1. The van der Waals surface area contributed by atoms with Crippen molar-refractivity contribution in [2.75, 3.05) is 5.01 Å². The molecule has 0 aliphatic heterocycles. The molecule has 0 saturated carbocycles. The lowest BCUT2D eigenvalue weighted by atomic mass is 10.0. The second-order valence-electron chi connectivity index (χ2n) is 5.27. The van der Waals surface area contributed by atoms with Crippen LogP contribution in [0.15, 0.2) is 35.1 Å². The van der Waals surface area contributed by atoms with Gasteiger partial charge < -0.3 is 5.11 Å². The Kier molecular flexibility index (Phi) is 10.0. The molecule has 0 aromatic heterocycles. The molecule has 0 fully saturated rings. The van der Waals surface area contributed by atoms with Crippen LogP contribution >= 0.6 is 0 Å². The number of hydrazone groups is 1. The predicted molar refractivity (Wildman–Crippen MR) is 98.9 cm³/mol. The predicted octanol–water partition coefficient (Wildman–Crippen LogP) is 6.06. The zero-order valence-corrected chi connectivity index (χ0v) is 15.1. The third-order valence-electron chi connectivity index (χ3n) is 3.38. The number of phenolic OH excluding ortho intramolecular Hbond substituents is 1. The molecule has 0 aliphatic carbocycles. The van der Waals surface area contributed by atoms with Crippen molar-refractivity contribution in [1.82, 2.24) is 0 Å². The van der Waals surface area contributed by atoms with Crippen molar-refractivity contribution in [1.29, 1.82) is 0 Å². The molecule has 3 heteroatoms. The van der Waals surface area contributed by atoms with Crippen LogP contribution in [-0.4, -0.2) is 11.8 Å². The number of aromatic hydroxyl groups is 1. The van der Waals surface area contributed by atoms with Gasteiger partial charge in [-0.05, 0) is 30.4 Å². The van der Waals surface area contributed by atoms with Crippen LogP contribution in [0.1, 0.15) is 72.3 Å². The number of hydrogen-bond donors (Lipinski definition) is 1. The molecule has 1 aromatic rings. The Morgan fingerprint density at radius 2 is 1.95 bits per heavy atom. The van der Waals surface area contributed by atoms with Crippen molar-refractivity contribution in [3.63, 3.8) is 0 Å². The lowest BCUT2D eigenvalue weighted by Gasteiger charge is -2.18. The van der Waals surface area contributed by atoms with Gasteiger partial charge in [0.2, 0.25) is 0 Å². The smallest absolute Gasteiger partial charge is 0.121 e. The largest absolute Gasteiger partial charge is 0.508 e. The molecule has 124 valence electrons. The van der Waals surface area contributed by atoms with E-state index in [-0.39, 0.29) is 0 Å². The first kappa shape index (κ1) is 20.2. The van der Waals surface area contributed by atoms with Gasteiger partial charge in [-0.3, -0.25) is 0 Å². The summed E-state index contributed by atoms with van der Waals surface area (Å²) in [5.41, 5.74) is 3.11. The van der Waals surface area contributed by atoms with Gasteiger partial charge >= 0.3 is 0 Å². The van der Waals surface area contributed by atoms with Crippen molar-refractivity contribution >= 4 is 12.4 Å². The van der Waals surface area contributed by atoms with E-state index in [0.717, 1.165) is 30.5 Å². The molecule has 0 unspecified atom stereocenters. The molecule has 22 heavy (non-hydrogen) atoms. The van der Waals surface area contributed by atoms with Crippen molar-refractivity contribution in [3.05, 3.63) is 35.5 Å². The summed E-state index contributed by atoms with van der Waals surface area (Å²) in [7, 11) is 0. The molecule has 3 nitrogen and oxygen atoms in total. The van der Waals surface area contributed by atoms with E-state index in [2.05, 4.69) is 39.5 Å². The van der Waals surface area contributed by atoms with Crippen LogP contribution in [0.2, 0.25) is 0 Å². The summed E-state index contributed by atoms with van der Waals surface area (Å²) in [6, 6.07) is 5.67. The van der Waals surface area contributed by atoms with E-state index in [4.69, 9.17) is 0 Å². The summed E-state index contributed by atoms with van der Waals surface area (Å²) in [6.07, 6.45) is 5.18. The van der Waals surface area contributed by atoms with Gasteiger partial charge in [-0.1, -0.05) is 59.6 Å². The van der Waals surface area contributed by atoms with Gasteiger partial charge in [0.25, 0.3) is 0 Å². The zero-order valence-electron chi connectivity index (χ0n) is 15.1. The summed E-state index contributed by atoms with van der Waals surface area (Å²) in [4.78, 5) is 0. The summed E-state index contributed by atoms with van der Waals surface area (Å²) in [5, 5.41) is 15.9. The molecular weight excluding hydrogens is 272 g/mol. The number of phenols is 1. The topological polar surface area (TPSA) is 35.8 Å². The maximum atomic E-state index is 10.1. The quantitative estimate of drug-likeness (QED) is 0.491. The molecular formula is C19H32N2O. The molecule has 1 rings (SSSR count). The maximum Gasteiger partial charge on any atom is 0.121 e. The molecule has 0 spiro atoms. The minimum Gasteiger partial charge on any atom is -0.508 e. The van der Waals surface area contributed by atoms with Gasteiger partial charge in [0.1, 0.15) is 5.75 Å². The van der Waals surface area contributed by atoms with Gasteiger partial charge in [-0.2, -0.15) is 5.10 Å². The van der Waals surface area contributed by atoms with Crippen LogP contribution in [0.4, 0.5) is 5.69 Å². The van der Waals surface area contributed by atoms with Gasteiger partial charge in [0.15, 0.2) is 0 Å². The fraction of sp³-hybridized carbons (Fsp3) is 0.526. The first-order valence-electron chi connectivity index (χ1n) is 8.31. The van der Waals surface area contributed by atoms with Gasteiger partial charge in [-0.25, -0.2) is 5.01 Å². The summed E-state index contributed by atoms with van der Waals surface area (Å²) < 4.78 is 0. The maximum absolute atomic E-state index is 10.1. The lowest BCUT2D eigenvalue weighted by Crippen LogP contribution is -2.08. The molecule has 0 aliphatic rings. The standard InChI is InChI=1S/C17H26N2O.C2H6/c1-6-8-14(7-2)12-19(18-5)15-9-10-16(13(3)4)17(20)11-15;1-2/h9-13,20H,5-8H2,1-4H3;1-2H3/b14-12-;. The molecule has 0 amide bonds. The average Bonchev–Trinajstić information content (AvgIpc) is 2.52. The normalized spacial score (nSPS) is 11.0. The lowest BCUT2D eigenvalue weighted by molar-refractivity contribution is 0.465. The van der Waals surface area contributed by atoms with E-state index in [1.807, 2.05) is 32.2 Å². The fourth-order valence-corrected chi connectivity index (χ4v) is 2.19. The van der Waals surface area contributed by atoms with Crippen LogP contribution in [-0.2, 0) is 0 Å². The molecule has 0 saturated heterocycles. The van der Waals surface area contributed by atoms with Crippen molar-refractivity contribution in [2.24, 2.45) is 5.10 Å². The highest BCUT2D eigenvalue weighted by molar-refractivity contribution is 5.56. The summed E-state index contributed by atoms with van der Waals surface area (Å²) >= 11 is 0. The second-order valence-corrected chi connectivity index (χ2v) is 5.27. The number of anilines is 1. The minimum atomic E-state index is 0.302. The van der Waals surface area contributed by atoms with E-state index in [1.165, 1.54) is 5.57 Å². The number of rotatable bonds is 7. The highest BCUT2D eigenvalue weighted by Crippen LogP contribution is 2.30. The average molecular weight is 304 g/mol. The van der Waals surface area contributed by atoms with Gasteiger partial charge in [0.05, 0.1) is 5.69 Å². The van der Waals surface area contributed by atoms with Gasteiger partial charge in [-0.15, -0.1) is 0 Å². The molecule has 1 aromatic carbocycles. The Hall–Kier alpha value is -1.77. The van der Waals surface area contributed by atoms with Crippen molar-refractivity contribution in [3.8, 4) is 5.75 Å². The third-order valence-corrected chi connectivity index (χ3v) is 3.38. The van der Waals surface area contributed by atoms with E-state index in [9.17, 15) is 5.11 Å². The van der Waals surface area contributed by atoms with Gasteiger partial charge in [0, 0.05) is 19.0 Å². The molecule has 0 radical (unpaired) electrons. The Morgan fingerprint density at radius 1 is 1.32 bits per heavy atom. The highest BCUT2D eigenvalue weighted by Gasteiger charge is 2.09. The van der Waals surface area contributed by atoms with E-state index in [1.54, 1.807) is 11.1 Å². The van der Waals surface area contributed by atoms with E-state index in [0.29, 0.717) is 11.7 Å². The van der Waals surface area contributed by atoms with Crippen LogP contribution in [0.3, 0.4) is 0 Å². The third kappa shape index (κ3) is 5.92. The number of nitrogens with zero attached hydrogens (tertiary/aromatic N) is 2. The summed E-state index contributed by atoms with van der Waals surface area (Å²) in [5.74, 6) is 0.615. The Labute approximate surface area is 136 Å². The van der Waals surface area contributed by atoms with E-state index >= 15 is 0 Å². The van der Waals surface area contributed by atoms with Crippen LogP contribution in [0.5, 0.6) is 5.75 Å². The number of allylic oxidation sites excluding steroid dienone is 1. The molecule has 0 atom stereocenters. The molecule has 0 bridgehead atoms. The van der Waals surface area contributed by atoms with Crippen LogP contribution in [0.25, 0.3) is 0 Å².